The van der Waals surface area contributed by atoms with Crippen LogP contribution in [0.3, 0.4) is 0 Å². The van der Waals surface area contributed by atoms with Crippen molar-refractivity contribution in [3.05, 3.63) is 28.8 Å². The molecule has 2 aliphatic rings. The van der Waals surface area contributed by atoms with Crippen LogP contribution < -0.4 is 4.74 Å². The van der Waals surface area contributed by atoms with E-state index >= 15 is 0 Å². The normalized spacial score (nSPS) is 22.1. The minimum atomic E-state index is -3.19. The highest BCUT2D eigenvalue weighted by atomic mass is 35.5. The molecule has 3 rings (SSSR count). The summed E-state index contributed by atoms with van der Waals surface area (Å²) in [5.41, 5.74) is 0.401. The maximum absolute atomic E-state index is 12.8. The summed E-state index contributed by atoms with van der Waals surface area (Å²) < 4.78 is 30.6. The number of hydrogen-bond donors (Lipinski definition) is 0. The Balaban J connectivity index is 1.65. The molecule has 1 aromatic rings. The molecule has 2 heterocycles. The fourth-order valence-electron chi connectivity index (χ4n) is 3.65. The zero-order chi connectivity index (χ0) is 21.3. The van der Waals surface area contributed by atoms with Gasteiger partial charge in [0.05, 0.1) is 11.3 Å². The summed E-state index contributed by atoms with van der Waals surface area (Å²) in [7, 11) is -1.46. The van der Waals surface area contributed by atoms with Crippen molar-refractivity contribution in [1.82, 2.24) is 14.1 Å². The standard InChI is InChI=1S/C19H26ClN3O5S/c1-13-18(24)21(2)10-11-23(13)19(25)14-4-5-17(16(20)12-14)28-15-6-8-22(9-7-15)29(3,26)27/h4-5,12-13,15H,6-11H2,1-3H3/t13-/m0/s1. The maximum atomic E-state index is 12.8. The molecule has 29 heavy (non-hydrogen) atoms. The highest BCUT2D eigenvalue weighted by molar-refractivity contribution is 7.88. The SMILES string of the molecule is C[C@H]1C(=O)N(C)CCN1C(=O)c1ccc(OC2CCN(S(C)(=O)=O)CC2)c(Cl)c1. The smallest absolute Gasteiger partial charge is 0.254 e. The monoisotopic (exact) mass is 443 g/mol. The second kappa shape index (κ2) is 8.49. The Hall–Kier alpha value is -1.84. The van der Waals surface area contributed by atoms with Gasteiger partial charge in [-0.2, -0.15) is 0 Å². The summed E-state index contributed by atoms with van der Waals surface area (Å²) in [6.45, 7) is 3.50. The van der Waals surface area contributed by atoms with Crippen molar-refractivity contribution in [2.75, 3.05) is 39.5 Å². The molecule has 1 aromatic carbocycles. The molecule has 0 saturated carbocycles. The Kier molecular flexibility index (Phi) is 6.40. The van der Waals surface area contributed by atoms with E-state index in [1.807, 2.05) is 0 Å². The zero-order valence-electron chi connectivity index (χ0n) is 16.8. The molecule has 0 N–H and O–H groups in total. The fraction of sp³-hybridized carbons (Fsp3) is 0.579. The van der Waals surface area contributed by atoms with Crippen LogP contribution in [0.2, 0.25) is 5.02 Å². The predicted molar refractivity (Wildman–Crippen MR) is 110 cm³/mol. The Labute approximate surface area is 176 Å². The fourth-order valence-corrected chi connectivity index (χ4v) is 4.75. The average molecular weight is 444 g/mol. The van der Waals surface area contributed by atoms with Crippen LogP contribution >= 0.6 is 11.6 Å². The molecule has 0 unspecified atom stereocenters. The van der Waals surface area contributed by atoms with Gasteiger partial charge in [0, 0.05) is 38.8 Å². The van der Waals surface area contributed by atoms with E-state index in [-0.39, 0.29) is 17.9 Å². The van der Waals surface area contributed by atoms with E-state index in [0.29, 0.717) is 55.4 Å². The number of carbonyl (C=O) groups is 2. The Morgan fingerprint density at radius 2 is 1.83 bits per heavy atom. The van der Waals surface area contributed by atoms with Gasteiger partial charge in [0.1, 0.15) is 17.9 Å². The molecule has 2 aliphatic heterocycles. The number of piperidine rings is 1. The zero-order valence-corrected chi connectivity index (χ0v) is 18.4. The first-order valence-electron chi connectivity index (χ1n) is 9.55. The van der Waals surface area contributed by atoms with E-state index in [0.717, 1.165) is 0 Å². The van der Waals surface area contributed by atoms with Crippen molar-refractivity contribution < 1.29 is 22.7 Å². The van der Waals surface area contributed by atoms with Gasteiger partial charge in [-0.25, -0.2) is 12.7 Å². The van der Waals surface area contributed by atoms with Gasteiger partial charge in [-0.05, 0) is 38.0 Å². The van der Waals surface area contributed by atoms with Crippen LogP contribution in [0.4, 0.5) is 0 Å². The summed E-state index contributed by atoms with van der Waals surface area (Å²) >= 11 is 6.34. The molecule has 2 fully saturated rings. The van der Waals surface area contributed by atoms with Gasteiger partial charge in [0.15, 0.2) is 0 Å². The number of amides is 2. The van der Waals surface area contributed by atoms with Gasteiger partial charge in [0.2, 0.25) is 15.9 Å². The average Bonchev–Trinajstić information content (AvgIpc) is 2.67. The van der Waals surface area contributed by atoms with Crippen LogP contribution in [0.25, 0.3) is 0 Å². The number of rotatable bonds is 4. The molecule has 160 valence electrons. The van der Waals surface area contributed by atoms with Gasteiger partial charge < -0.3 is 14.5 Å². The van der Waals surface area contributed by atoms with Gasteiger partial charge >= 0.3 is 0 Å². The summed E-state index contributed by atoms with van der Waals surface area (Å²) in [6, 6.07) is 4.34. The van der Waals surface area contributed by atoms with Crippen molar-refractivity contribution in [3.8, 4) is 5.75 Å². The lowest BCUT2D eigenvalue weighted by molar-refractivity contribution is -0.137. The number of carbonyl (C=O) groups excluding carboxylic acids is 2. The molecule has 0 radical (unpaired) electrons. The predicted octanol–water partition coefficient (Wildman–Crippen LogP) is 1.45. The molecular formula is C19H26ClN3O5S. The third kappa shape index (κ3) is 4.84. The van der Waals surface area contributed by atoms with Crippen LogP contribution in [0.15, 0.2) is 18.2 Å². The minimum Gasteiger partial charge on any atom is -0.489 e. The number of halogens is 1. The van der Waals surface area contributed by atoms with E-state index in [4.69, 9.17) is 16.3 Å². The van der Waals surface area contributed by atoms with Crippen molar-refractivity contribution >= 4 is 33.4 Å². The van der Waals surface area contributed by atoms with E-state index in [1.54, 1.807) is 42.0 Å². The number of likely N-dealkylation sites (N-methyl/N-ethyl adjacent to an activating group) is 1. The van der Waals surface area contributed by atoms with E-state index in [1.165, 1.54) is 10.6 Å². The molecule has 1 atom stereocenters. The molecule has 0 aliphatic carbocycles. The van der Waals surface area contributed by atoms with E-state index in [9.17, 15) is 18.0 Å². The third-order valence-electron chi connectivity index (χ3n) is 5.48. The number of piperazine rings is 1. The van der Waals surface area contributed by atoms with Crippen LogP contribution in [-0.4, -0.2) is 86.0 Å². The number of ether oxygens (including phenoxy) is 1. The molecule has 2 amide bonds. The topological polar surface area (TPSA) is 87.2 Å². The highest BCUT2D eigenvalue weighted by Gasteiger charge is 2.33. The molecule has 8 nitrogen and oxygen atoms in total. The summed E-state index contributed by atoms with van der Waals surface area (Å²) in [5.74, 6) is 0.133. The third-order valence-corrected chi connectivity index (χ3v) is 7.08. The van der Waals surface area contributed by atoms with Gasteiger partial charge in [-0.3, -0.25) is 9.59 Å². The van der Waals surface area contributed by atoms with Crippen molar-refractivity contribution in [2.45, 2.75) is 31.9 Å². The minimum absolute atomic E-state index is 0.0870. The second-order valence-electron chi connectivity index (χ2n) is 7.56. The lowest BCUT2D eigenvalue weighted by Crippen LogP contribution is -2.56. The van der Waals surface area contributed by atoms with Gasteiger partial charge in [0.25, 0.3) is 5.91 Å². The van der Waals surface area contributed by atoms with E-state index < -0.39 is 16.1 Å². The van der Waals surface area contributed by atoms with Crippen molar-refractivity contribution in [2.24, 2.45) is 0 Å². The molecule has 10 heteroatoms. The van der Waals surface area contributed by atoms with E-state index in [2.05, 4.69) is 0 Å². The lowest BCUT2D eigenvalue weighted by atomic mass is 10.1. The van der Waals surface area contributed by atoms with Crippen molar-refractivity contribution in [1.29, 1.82) is 0 Å². The Morgan fingerprint density at radius 1 is 1.17 bits per heavy atom. The summed E-state index contributed by atoms with van der Waals surface area (Å²) in [5, 5.41) is 0.314. The molecule has 0 aromatic heterocycles. The lowest BCUT2D eigenvalue weighted by Gasteiger charge is -2.37. The quantitative estimate of drug-likeness (QED) is 0.702. The summed E-state index contributed by atoms with van der Waals surface area (Å²) in [4.78, 5) is 28.2. The number of hydrogen-bond acceptors (Lipinski definition) is 5. The van der Waals surface area contributed by atoms with Crippen LogP contribution in [0, 0.1) is 0 Å². The molecule has 0 bridgehead atoms. The highest BCUT2D eigenvalue weighted by Crippen LogP contribution is 2.29. The number of sulfonamides is 1. The molecule has 2 saturated heterocycles. The second-order valence-corrected chi connectivity index (χ2v) is 9.95. The van der Waals surface area contributed by atoms with Crippen molar-refractivity contribution in [3.63, 3.8) is 0 Å². The molecular weight excluding hydrogens is 418 g/mol. The van der Waals surface area contributed by atoms with Crippen LogP contribution in [0.5, 0.6) is 5.75 Å². The first-order valence-corrected chi connectivity index (χ1v) is 11.8. The Morgan fingerprint density at radius 3 is 2.41 bits per heavy atom. The number of nitrogens with zero attached hydrogens (tertiary/aromatic N) is 3. The van der Waals surface area contributed by atoms with Crippen LogP contribution in [-0.2, 0) is 14.8 Å². The van der Waals surface area contributed by atoms with Crippen LogP contribution in [0.1, 0.15) is 30.1 Å². The largest absolute Gasteiger partial charge is 0.489 e. The maximum Gasteiger partial charge on any atom is 0.254 e. The first-order chi connectivity index (χ1) is 13.6. The summed E-state index contributed by atoms with van der Waals surface area (Å²) in [6.07, 6.45) is 2.22. The van der Waals surface area contributed by atoms with Gasteiger partial charge in [-0.1, -0.05) is 11.6 Å². The first kappa shape index (κ1) is 21.9. The Bertz CT molecular complexity index is 899. The number of benzene rings is 1. The van der Waals surface area contributed by atoms with Gasteiger partial charge in [-0.15, -0.1) is 0 Å². The molecule has 0 spiro atoms.